The number of rotatable bonds is 1. The minimum atomic E-state index is -4.67. The number of nitrogens with two attached hydrogens (primary N) is 2. The Morgan fingerprint density at radius 2 is 1.87 bits per heavy atom. The zero-order valence-corrected chi connectivity index (χ0v) is 8.56. The van der Waals surface area contributed by atoms with Crippen LogP contribution in [0.4, 0.5) is 17.5 Å². The van der Waals surface area contributed by atoms with Gasteiger partial charge in [-0.05, 0) is 0 Å². The molecule has 0 spiro atoms. The summed E-state index contributed by atoms with van der Waals surface area (Å²) in [6.07, 6.45) is 1.47. The minimum Gasteiger partial charge on any atom is -0.394 e. The van der Waals surface area contributed by atoms with Crippen LogP contribution in [0.15, 0.2) is 6.20 Å². The van der Waals surface area contributed by atoms with Crippen molar-refractivity contribution in [3.05, 3.63) is 6.20 Å². The molecule has 1 aromatic rings. The molecule has 10 heteroatoms. The van der Waals surface area contributed by atoms with Crippen molar-refractivity contribution in [2.24, 2.45) is 0 Å². The van der Waals surface area contributed by atoms with Crippen molar-refractivity contribution in [3.63, 3.8) is 0 Å². The van der Waals surface area contributed by atoms with E-state index >= 15 is 0 Å². The molecule has 0 atom stereocenters. The maximum Gasteiger partial charge on any atom is 0.394 e. The van der Waals surface area contributed by atoms with Gasteiger partial charge in [-0.15, -0.1) is 0 Å². The number of nitrogens with zero attached hydrogens (tertiary/aromatic N) is 2. The molecule has 0 bridgehead atoms. The van der Waals surface area contributed by atoms with Crippen LogP contribution in [0, 0.1) is 0 Å². The number of anilines is 3. The Bertz CT molecular complexity index is 411. The SMILES string of the molecule is CNc1nc(N)ncc1N.O=S(=O)(O)O. The molecule has 1 heterocycles. The molecule has 0 aliphatic rings. The molecule has 1 aromatic heterocycles. The molecule has 1 rings (SSSR count). The van der Waals surface area contributed by atoms with Crippen LogP contribution in [-0.2, 0) is 10.4 Å². The molecule has 0 amide bonds. The highest BCUT2D eigenvalue weighted by atomic mass is 32.3. The number of nitrogens with one attached hydrogen (secondary N) is 1. The summed E-state index contributed by atoms with van der Waals surface area (Å²) in [5.74, 6) is 0.783. The largest absolute Gasteiger partial charge is 0.394 e. The number of nitrogen functional groups attached to an aromatic ring is 2. The van der Waals surface area contributed by atoms with E-state index in [1.165, 1.54) is 6.20 Å². The van der Waals surface area contributed by atoms with Crippen LogP contribution in [0.1, 0.15) is 0 Å². The fourth-order valence-electron chi connectivity index (χ4n) is 0.605. The lowest BCUT2D eigenvalue weighted by atomic mass is 10.5. The van der Waals surface area contributed by atoms with E-state index in [-0.39, 0.29) is 5.95 Å². The Labute approximate surface area is 86.1 Å². The van der Waals surface area contributed by atoms with Crippen LogP contribution in [0.2, 0.25) is 0 Å². The van der Waals surface area contributed by atoms with Crippen molar-refractivity contribution in [2.45, 2.75) is 0 Å². The van der Waals surface area contributed by atoms with E-state index in [9.17, 15) is 0 Å². The highest BCUT2D eigenvalue weighted by Crippen LogP contribution is 2.12. The number of hydrogen-bond donors (Lipinski definition) is 5. The third-order valence-corrected chi connectivity index (χ3v) is 1.07. The maximum atomic E-state index is 8.74. The highest BCUT2D eigenvalue weighted by Gasteiger charge is 1.97. The predicted octanol–water partition coefficient (Wildman–Crippen LogP) is -0.970. The predicted molar refractivity (Wildman–Crippen MR) is 54.6 cm³/mol. The van der Waals surface area contributed by atoms with Crippen molar-refractivity contribution in [1.29, 1.82) is 0 Å². The first-order chi connectivity index (χ1) is 6.74. The van der Waals surface area contributed by atoms with Crippen molar-refractivity contribution >= 4 is 27.9 Å². The summed E-state index contributed by atoms with van der Waals surface area (Å²) in [7, 11) is -2.95. The first-order valence-corrected chi connectivity index (χ1v) is 4.89. The Hall–Kier alpha value is -1.65. The summed E-state index contributed by atoms with van der Waals surface area (Å²) in [5, 5.41) is 2.78. The second-order valence-electron chi connectivity index (χ2n) is 2.23. The molecular formula is C5H11N5O4S. The Morgan fingerprint density at radius 1 is 1.40 bits per heavy atom. The van der Waals surface area contributed by atoms with E-state index in [2.05, 4.69) is 15.3 Å². The lowest BCUT2D eigenvalue weighted by Gasteiger charge is -2.01. The van der Waals surface area contributed by atoms with Crippen LogP contribution in [-0.4, -0.2) is 34.5 Å². The van der Waals surface area contributed by atoms with E-state index in [4.69, 9.17) is 29.0 Å². The van der Waals surface area contributed by atoms with E-state index in [1.807, 2.05) is 0 Å². The molecule has 86 valence electrons. The third-order valence-electron chi connectivity index (χ3n) is 1.07. The van der Waals surface area contributed by atoms with Gasteiger partial charge in [0.2, 0.25) is 5.95 Å². The van der Waals surface area contributed by atoms with Crippen LogP contribution in [0.5, 0.6) is 0 Å². The van der Waals surface area contributed by atoms with Gasteiger partial charge in [0.1, 0.15) is 0 Å². The maximum absolute atomic E-state index is 8.74. The number of hydrogen-bond acceptors (Lipinski definition) is 7. The summed E-state index contributed by atoms with van der Waals surface area (Å²) < 4.78 is 31.6. The van der Waals surface area contributed by atoms with Crippen molar-refractivity contribution in [3.8, 4) is 0 Å². The Morgan fingerprint density at radius 3 is 2.20 bits per heavy atom. The Balaban J connectivity index is 0.000000336. The molecular weight excluding hydrogens is 226 g/mol. The fraction of sp³-hybridized carbons (Fsp3) is 0.200. The van der Waals surface area contributed by atoms with Crippen LogP contribution >= 0.6 is 0 Å². The smallest absolute Gasteiger partial charge is 0.394 e. The average Bonchev–Trinajstić information content (AvgIpc) is 2.06. The molecule has 7 N–H and O–H groups in total. The van der Waals surface area contributed by atoms with Crippen LogP contribution < -0.4 is 16.8 Å². The lowest BCUT2D eigenvalue weighted by molar-refractivity contribution is 0.381. The summed E-state index contributed by atoms with van der Waals surface area (Å²) in [6.45, 7) is 0. The minimum absolute atomic E-state index is 0.221. The second-order valence-corrected chi connectivity index (χ2v) is 3.13. The first kappa shape index (κ1) is 13.4. The zero-order chi connectivity index (χ0) is 12.1. The molecule has 0 saturated carbocycles. The molecule has 0 aromatic carbocycles. The summed E-state index contributed by atoms with van der Waals surface area (Å²) in [4.78, 5) is 7.51. The molecule has 0 fully saturated rings. The van der Waals surface area contributed by atoms with Crippen LogP contribution in [0.25, 0.3) is 0 Å². The van der Waals surface area contributed by atoms with Gasteiger partial charge in [0, 0.05) is 7.05 Å². The fourth-order valence-corrected chi connectivity index (χ4v) is 0.605. The summed E-state index contributed by atoms with van der Waals surface area (Å²) in [5.41, 5.74) is 11.2. The van der Waals surface area contributed by atoms with Gasteiger partial charge in [-0.25, -0.2) is 4.98 Å². The lowest BCUT2D eigenvalue weighted by Crippen LogP contribution is -2.03. The standard InChI is InChI=1S/C5H9N5.H2O4S/c1-8-4-3(6)2-9-5(7)10-4;1-5(2,3)4/h2H,6H2,1H3,(H3,7,8,9,10);(H2,1,2,3,4). The highest BCUT2D eigenvalue weighted by molar-refractivity contribution is 7.79. The molecule has 0 aliphatic heterocycles. The van der Waals surface area contributed by atoms with Crippen molar-refractivity contribution in [1.82, 2.24) is 9.97 Å². The van der Waals surface area contributed by atoms with Crippen molar-refractivity contribution in [2.75, 3.05) is 23.8 Å². The first-order valence-electron chi connectivity index (χ1n) is 3.49. The molecule has 0 saturated heterocycles. The average molecular weight is 237 g/mol. The van der Waals surface area contributed by atoms with E-state index in [1.54, 1.807) is 7.05 Å². The van der Waals surface area contributed by atoms with Gasteiger partial charge in [-0.3, -0.25) is 9.11 Å². The summed E-state index contributed by atoms with van der Waals surface area (Å²) in [6, 6.07) is 0. The van der Waals surface area contributed by atoms with E-state index in [0.29, 0.717) is 11.5 Å². The van der Waals surface area contributed by atoms with Gasteiger partial charge in [-0.1, -0.05) is 0 Å². The molecule has 9 nitrogen and oxygen atoms in total. The zero-order valence-electron chi connectivity index (χ0n) is 7.75. The van der Waals surface area contributed by atoms with E-state index < -0.39 is 10.4 Å². The second kappa shape index (κ2) is 5.29. The monoisotopic (exact) mass is 237 g/mol. The van der Waals surface area contributed by atoms with Gasteiger partial charge in [0.05, 0.1) is 11.9 Å². The molecule has 0 unspecified atom stereocenters. The van der Waals surface area contributed by atoms with Gasteiger partial charge in [0.25, 0.3) is 0 Å². The third kappa shape index (κ3) is 7.42. The normalized spacial score (nSPS) is 10.1. The molecule has 0 radical (unpaired) electrons. The summed E-state index contributed by atoms with van der Waals surface area (Å²) >= 11 is 0. The number of aromatic nitrogens is 2. The Kier molecular flexibility index (Phi) is 4.70. The topological polar surface area (TPSA) is 164 Å². The van der Waals surface area contributed by atoms with Gasteiger partial charge >= 0.3 is 10.4 Å². The van der Waals surface area contributed by atoms with E-state index in [0.717, 1.165) is 0 Å². The molecule has 0 aliphatic carbocycles. The van der Waals surface area contributed by atoms with Gasteiger partial charge in [-0.2, -0.15) is 13.4 Å². The van der Waals surface area contributed by atoms with Crippen LogP contribution in [0.3, 0.4) is 0 Å². The van der Waals surface area contributed by atoms with Gasteiger partial charge in [0.15, 0.2) is 5.82 Å². The molecule has 15 heavy (non-hydrogen) atoms. The van der Waals surface area contributed by atoms with Gasteiger partial charge < -0.3 is 16.8 Å². The van der Waals surface area contributed by atoms with Crippen molar-refractivity contribution < 1.29 is 17.5 Å². The quantitative estimate of drug-likeness (QED) is 0.386.